The first kappa shape index (κ1) is 15.1. The van der Waals surface area contributed by atoms with Crippen LogP contribution in [0.1, 0.15) is 37.2 Å². The summed E-state index contributed by atoms with van der Waals surface area (Å²) >= 11 is 0. The lowest BCUT2D eigenvalue weighted by Gasteiger charge is -2.12. The molecule has 1 N–H and O–H groups in total. The van der Waals surface area contributed by atoms with E-state index in [2.05, 4.69) is 10.1 Å². The number of nitro benzene ring substituents is 1. The maximum absolute atomic E-state index is 10.8. The third-order valence-corrected chi connectivity index (χ3v) is 3.24. The fraction of sp³-hybridized carbons (Fsp3) is 0.429. The van der Waals surface area contributed by atoms with E-state index in [1.807, 2.05) is 13.8 Å². The van der Waals surface area contributed by atoms with E-state index >= 15 is 0 Å². The maximum Gasteiger partial charge on any atom is 0.269 e. The summed E-state index contributed by atoms with van der Waals surface area (Å²) in [6.45, 7) is 4.17. The van der Waals surface area contributed by atoms with Gasteiger partial charge in [-0.1, -0.05) is 26.0 Å². The van der Waals surface area contributed by atoms with Crippen molar-refractivity contribution in [2.45, 2.75) is 39.3 Å². The van der Waals surface area contributed by atoms with Crippen LogP contribution in [0, 0.1) is 10.1 Å². The lowest BCUT2D eigenvalue weighted by atomic mass is 10.1. The summed E-state index contributed by atoms with van der Waals surface area (Å²) in [7, 11) is 0. The lowest BCUT2D eigenvalue weighted by molar-refractivity contribution is -0.385. The normalized spacial score (nSPS) is 12.3. The molecule has 0 unspecified atom stereocenters. The average molecular weight is 290 g/mol. The second-order valence-electron chi connectivity index (χ2n) is 4.70. The first-order chi connectivity index (χ1) is 10.0. The first-order valence-electron chi connectivity index (χ1n) is 6.90. The molecular weight excluding hydrogens is 272 g/mol. The Balaban J connectivity index is 2.21. The zero-order chi connectivity index (χ0) is 15.4. The van der Waals surface area contributed by atoms with Crippen LogP contribution in [-0.4, -0.2) is 24.8 Å². The molecule has 1 heterocycles. The van der Waals surface area contributed by atoms with E-state index in [0.29, 0.717) is 12.0 Å². The number of aliphatic hydroxyl groups is 1. The number of non-ortho nitro benzene ring substituents is 1. The average Bonchev–Trinajstić information content (AvgIpc) is 2.89. The number of aryl methyl sites for hydroxylation is 2. The van der Waals surface area contributed by atoms with E-state index in [1.54, 1.807) is 16.8 Å². The van der Waals surface area contributed by atoms with E-state index in [9.17, 15) is 15.2 Å². The molecule has 1 aromatic heterocycles. The van der Waals surface area contributed by atoms with Crippen LogP contribution in [0.4, 0.5) is 5.69 Å². The van der Waals surface area contributed by atoms with Crippen LogP contribution < -0.4 is 0 Å². The topological polar surface area (TPSA) is 94.1 Å². The molecule has 2 aromatic rings. The van der Waals surface area contributed by atoms with Gasteiger partial charge in [-0.05, 0) is 5.56 Å². The quantitative estimate of drug-likeness (QED) is 0.649. The number of benzene rings is 1. The largest absolute Gasteiger partial charge is 0.386 e. The highest BCUT2D eigenvalue weighted by Gasteiger charge is 2.16. The van der Waals surface area contributed by atoms with Gasteiger partial charge in [0, 0.05) is 25.0 Å². The molecule has 7 heteroatoms. The van der Waals surface area contributed by atoms with E-state index in [-0.39, 0.29) is 12.2 Å². The number of aromatic nitrogens is 3. The molecule has 7 nitrogen and oxygen atoms in total. The van der Waals surface area contributed by atoms with Crippen LogP contribution in [0.5, 0.6) is 0 Å². The molecule has 0 fully saturated rings. The van der Waals surface area contributed by atoms with Crippen LogP contribution in [0.2, 0.25) is 0 Å². The van der Waals surface area contributed by atoms with Crippen molar-refractivity contribution < 1.29 is 10.0 Å². The number of rotatable bonds is 6. The standard InChI is InChI=1S/C14H18N4O3/c1-3-13-15-14(4-2)17(16-13)9-12(19)10-6-5-7-11(8-10)18(20)21/h5-8,12,19H,3-4,9H2,1-2H3/t12-/m1/s1. The Labute approximate surface area is 122 Å². The predicted molar refractivity (Wildman–Crippen MR) is 76.8 cm³/mol. The Morgan fingerprint density at radius 3 is 2.76 bits per heavy atom. The van der Waals surface area contributed by atoms with E-state index in [4.69, 9.17) is 0 Å². The van der Waals surface area contributed by atoms with Crippen LogP contribution in [0.25, 0.3) is 0 Å². The molecular formula is C14H18N4O3. The summed E-state index contributed by atoms with van der Waals surface area (Å²) in [5.74, 6) is 1.54. The van der Waals surface area contributed by atoms with Gasteiger partial charge >= 0.3 is 0 Å². The molecule has 0 saturated heterocycles. The van der Waals surface area contributed by atoms with Crippen molar-refractivity contribution in [1.29, 1.82) is 0 Å². The second kappa shape index (κ2) is 6.45. The number of nitrogens with zero attached hydrogens (tertiary/aromatic N) is 4. The zero-order valence-electron chi connectivity index (χ0n) is 12.1. The fourth-order valence-corrected chi connectivity index (χ4v) is 2.10. The number of nitro groups is 1. The van der Waals surface area contributed by atoms with Gasteiger partial charge in [-0.3, -0.25) is 10.1 Å². The van der Waals surface area contributed by atoms with Gasteiger partial charge in [0.25, 0.3) is 5.69 Å². The summed E-state index contributed by atoms with van der Waals surface area (Å²) < 4.78 is 1.67. The smallest absolute Gasteiger partial charge is 0.269 e. The van der Waals surface area contributed by atoms with Crippen molar-refractivity contribution in [2.75, 3.05) is 0 Å². The van der Waals surface area contributed by atoms with Gasteiger partial charge < -0.3 is 5.11 Å². The monoisotopic (exact) mass is 290 g/mol. The van der Waals surface area contributed by atoms with Crippen LogP contribution in [-0.2, 0) is 19.4 Å². The van der Waals surface area contributed by atoms with Gasteiger partial charge in [-0.15, -0.1) is 0 Å². The van der Waals surface area contributed by atoms with Crippen LogP contribution in [0.3, 0.4) is 0 Å². The summed E-state index contributed by atoms with van der Waals surface area (Å²) in [6.07, 6.45) is 0.586. The summed E-state index contributed by atoms with van der Waals surface area (Å²) in [6, 6.07) is 6.02. The first-order valence-corrected chi connectivity index (χ1v) is 6.90. The Morgan fingerprint density at radius 2 is 2.14 bits per heavy atom. The number of hydrogen-bond donors (Lipinski definition) is 1. The molecule has 2 rings (SSSR count). The highest BCUT2D eigenvalue weighted by atomic mass is 16.6. The fourth-order valence-electron chi connectivity index (χ4n) is 2.10. The number of aliphatic hydroxyl groups excluding tert-OH is 1. The van der Waals surface area contributed by atoms with Crippen molar-refractivity contribution in [2.24, 2.45) is 0 Å². The van der Waals surface area contributed by atoms with Gasteiger partial charge in [0.1, 0.15) is 5.82 Å². The third kappa shape index (κ3) is 3.43. The SMILES string of the molecule is CCc1nc(CC)n(C[C@@H](O)c2cccc([N+](=O)[O-])c2)n1. The maximum atomic E-state index is 10.8. The molecule has 0 saturated carbocycles. The van der Waals surface area contributed by atoms with E-state index < -0.39 is 11.0 Å². The summed E-state index contributed by atoms with van der Waals surface area (Å²) in [5.41, 5.74) is 0.468. The van der Waals surface area contributed by atoms with E-state index in [1.165, 1.54) is 12.1 Å². The van der Waals surface area contributed by atoms with Crippen LogP contribution in [0.15, 0.2) is 24.3 Å². The molecule has 21 heavy (non-hydrogen) atoms. The molecule has 112 valence electrons. The Kier molecular flexibility index (Phi) is 4.64. The van der Waals surface area contributed by atoms with Crippen LogP contribution >= 0.6 is 0 Å². The molecule has 0 aliphatic rings. The molecule has 1 atom stereocenters. The van der Waals surface area contributed by atoms with Crippen molar-refractivity contribution in [3.05, 3.63) is 51.6 Å². The van der Waals surface area contributed by atoms with Crippen molar-refractivity contribution in [1.82, 2.24) is 14.8 Å². The Bertz CT molecular complexity index is 639. The van der Waals surface area contributed by atoms with Gasteiger partial charge in [0.05, 0.1) is 17.6 Å². The predicted octanol–water partition coefficient (Wildman–Crippen LogP) is 2.04. The lowest BCUT2D eigenvalue weighted by Crippen LogP contribution is -2.13. The molecule has 0 aliphatic carbocycles. The highest BCUT2D eigenvalue weighted by Crippen LogP contribution is 2.20. The minimum Gasteiger partial charge on any atom is -0.386 e. The second-order valence-corrected chi connectivity index (χ2v) is 4.70. The number of hydrogen-bond acceptors (Lipinski definition) is 5. The zero-order valence-corrected chi connectivity index (χ0v) is 12.1. The highest BCUT2D eigenvalue weighted by molar-refractivity contribution is 5.35. The summed E-state index contributed by atoms with van der Waals surface area (Å²) in [5, 5.41) is 25.4. The third-order valence-electron chi connectivity index (χ3n) is 3.24. The van der Waals surface area contributed by atoms with Gasteiger partial charge in [-0.25, -0.2) is 9.67 Å². The Hall–Kier alpha value is -2.28. The van der Waals surface area contributed by atoms with Gasteiger partial charge in [0.15, 0.2) is 5.82 Å². The summed E-state index contributed by atoms with van der Waals surface area (Å²) in [4.78, 5) is 14.7. The Morgan fingerprint density at radius 1 is 1.38 bits per heavy atom. The molecule has 0 radical (unpaired) electrons. The van der Waals surface area contributed by atoms with Crippen molar-refractivity contribution in [3.8, 4) is 0 Å². The molecule has 0 amide bonds. The molecule has 0 aliphatic heterocycles. The van der Waals surface area contributed by atoms with Crippen molar-refractivity contribution in [3.63, 3.8) is 0 Å². The van der Waals surface area contributed by atoms with E-state index in [0.717, 1.165) is 18.1 Å². The van der Waals surface area contributed by atoms with Gasteiger partial charge in [-0.2, -0.15) is 5.10 Å². The van der Waals surface area contributed by atoms with Gasteiger partial charge in [0.2, 0.25) is 0 Å². The molecule has 1 aromatic carbocycles. The molecule has 0 bridgehead atoms. The van der Waals surface area contributed by atoms with Crippen molar-refractivity contribution >= 4 is 5.69 Å². The molecule has 0 spiro atoms. The minimum absolute atomic E-state index is 0.0323. The minimum atomic E-state index is -0.860.